The summed E-state index contributed by atoms with van der Waals surface area (Å²) in [4.78, 5) is 19.4. The van der Waals surface area contributed by atoms with Crippen molar-refractivity contribution in [3.05, 3.63) is 0 Å². The number of rotatable bonds is 5. The second-order valence-corrected chi connectivity index (χ2v) is 11.6. The van der Waals surface area contributed by atoms with E-state index in [-0.39, 0.29) is 24.0 Å². The number of amides is 1. The molecule has 3 aliphatic heterocycles. The minimum Gasteiger partial charge on any atom is -0.340 e. The van der Waals surface area contributed by atoms with Gasteiger partial charge in [-0.2, -0.15) is 10.5 Å². The molecule has 3 heterocycles. The predicted molar refractivity (Wildman–Crippen MR) is 132 cm³/mol. The van der Waals surface area contributed by atoms with E-state index < -0.39 is 0 Å². The first-order valence-corrected chi connectivity index (χ1v) is 13.9. The lowest BCUT2D eigenvalue weighted by Crippen LogP contribution is -2.64. The van der Waals surface area contributed by atoms with Crippen LogP contribution in [-0.2, 0) is 4.79 Å². The number of carbonyl (C=O) groups is 1. The largest absolute Gasteiger partial charge is 0.340 e. The van der Waals surface area contributed by atoms with Gasteiger partial charge in [-0.3, -0.25) is 15.0 Å². The Hall–Kier alpha value is -1.91. The van der Waals surface area contributed by atoms with Crippen molar-refractivity contribution in [1.29, 1.82) is 10.5 Å². The summed E-state index contributed by atoms with van der Waals surface area (Å²) in [5, 5.41) is 22.6. The molecule has 0 bridgehead atoms. The average Bonchev–Trinajstić information content (AvgIpc) is 3.34. The van der Waals surface area contributed by atoms with Gasteiger partial charge in [0.25, 0.3) is 0 Å². The van der Waals surface area contributed by atoms with Crippen molar-refractivity contribution in [2.75, 3.05) is 39.3 Å². The van der Waals surface area contributed by atoms with Crippen molar-refractivity contribution in [1.82, 2.24) is 30.9 Å². The van der Waals surface area contributed by atoms with Gasteiger partial charge in [0.1, 0.15) is 6.04 Å². The number of carbonyl (C=O) groups excluding carboxylic acids is 1. The molecule has 9 heteroatoms. The molecule has 3 saturated heterocycles. The van der Waals surface area contributed by atoms with Crippen LogP contribution >= 0.6 is 0 Å². The van der Waals surface area contributed by atoms with Crippen LogP contribution < -0.4 is 16.2 Å². The Kier molecular flexibility index (Phi) is 7.79. The maximum atomic E-state index is 13.3. The maximum Gasteiger partial charge on any atom is 0.241 e. The molecule has 35 heavy (non-hydrogen) atoms. The lowest BCUT2D eigenvalue weighted by atomic mass is 9.62. The van der Waals surface area contributed by atoms with Crippen molar-refractivity contribution < 1.29 is 4.79 Å². The van der Waals surface area contributed by atoms with Gasteiger partial charge in [0.05, 0.1) is 24.9 Å². The molecule has 5 aliphatic rings. The molecule has 0 aromatic carbocycles. The zero-order valence-electron chi connectivity index (χ0n) is 21.2. The Balaban J connectivity index is 1.23. The van der Waals surface area contributed by atoms with Gasteiger partial charge in [-0.05, 0) is 69.1 Å². The summed E-state index contributed by atoms with van der Waals surface area (Å²) in [6, 6.07) is 2.41. The fourth-order valence-electron chi connectivity index (χ4n) is 7.62. The summed E-state index contributed by atoms with van der Waals surface area (Å²) < 4.78 is 0. The molecule has 8 atom stereocenters. The molecule has 192 valence electrons. The average molecular weight is 483 g/mol. The summed E-state index contributed by atoms with van der Waals surface area (Å²) in [7, 11) is 0. The molecule has 5 fully saturated rings. The molecular formula is C26H42N8O. The van der Waals surface area contributed by atoms with E-state index in [1.54, 1.807) is 4.90 Å². The van der Waals surface area contributed by atoms with E-state index in [0.29, 0.717) is 36.4 Å². The Morgan fingerprint density at radius 1 is 1.00 bits per heavy atom. The lowest BCUT2D eigenvalue weighted by molar-refractivity contribution is -0.144. The Bertz CT molecular complexity index is 838. The van der Waals surface area contributed by atoms with Gasteiger partial charge < -0.3 is 9.80 Å². The monoisotopic (exact) mass is 482 g/mol. The number of hydrazine groups is 1. The highest BCUT2D eigenvalue weighted by molar-refractivity contribution is 5.83. The Morgan fingerprint density at radius 3 is 2.63 bits per heavy atom. The van der Waals surface area contributed by atoms with Crippen LogP contribution in [0, 0.1) is 52.4 Å². The highest BCUT2D eigenvalue weighted by Gasteiger charge is 2.42. The molecule has 7 unspecified atom stereocenters. The number of nitrogens with zero attached hydrogens (tertiary/aromatic N) is 5. The van der Waals surface area contributed by atoms with Crippen LogP contribution in [0.4, 0.5) is 0 Å². The van der Waals surface area contributed by atoms with Gasteiger partial charge in [-0.25, -0.2) is 10.9 Å². The summed E-state index contributed by atoms with van der Waals surface area (Å²) >= 11 is 0. The molecule has 9 nitrogen and oxygen atoms in total. The smallest absolute Gasteiger partial charge is 0.241 e. The molecule has 2 aliphatic carbocycles. The number of piperazine rings is 2. The second-order valence-electron chi connectivity index (χ2n) is 11.6. The molecule has 1 amide bonds. The zero-order valence-corrected chi connectivity index (χ0v) is 21.2. The van der Waals surface area contributed by atoms with E-state index in [1.165, 1.54) is 32.1 Å². The maximum absolute atomic E-state index is 13.3. The van der Waals surface area contributed by atoms with Gasteiger partial charge in [0.15, 0.2) is 6.19 Å². The van der Waals surface area contributed by atoms with Gasteiger partial charge >= 0.3 is 0 Å². The molecule has 0 aromatic heterocycles. The van der Waals surface area contributed by atoms with Gasteiger partial charge in [0.2, 0.25) is 5.91 Å². The number of fused-ring (bicyclic) bond motifs is 1. The highest BCUT2D eigenvalue weighted by atomic mass is 16.2. The number of hydrogen-bond acceptors (Lipinski definition) is 8. The SMILES string of the molecule is CC1NNC(C2CCC(CCN3CCN4CCN(C#N)C[C@@H]4C3=O)C(C3CCCC(C#N)C3)C2)N1. The van der Waals surface area contributed by atoms with Crippen LogP contribution in [0.2, 0.25) is 0 Å². The topological polar surface area (TPSA) is 110 Å². The Morgan fingerprint density at radius 2 is 1.86 bits per heavy atom. The number of hydrogen-bond donors (Lipinski definition) is 3. The van der Waals surface area contributed by atoms with E-state index in [0.717, 1.165) is 52.0 Å². The van der Waals surface area contributed by atoms with E-state index in [4.69, 9.17) is 0 Å². The lowest BCUT2D eigenvalue weighted by Gasteiger charge is -2.47. The highest BCUT2D eigenvalue weighted by Crippen LogP contribution is 2.46. The van der Waals surface area contributed by atoms with Gasteiger partial charge in [-0.1, -0.05) is 12.8 Å². The molecule has 3 N–H and O–H groups in total. The van der Waals surface area contributed by atoms with Crippen molar-refractivity contribution >= 4 is 5.91 Å². The van der Waals surface area contributed by atoms with Crippen LogP contribution in [0.1, 0.15) is 58.3 Å². The Labute approximate surface area is 210 Å². The second kappa shape index (κ2) is 11.0. The van der Waals surface area contributed by atoms with Gasteiger partial charge in [-0.15, -0.1) is 0 Å². The van der Waals surface area contributed by atoms with E-state index in [9.17, 15) is 15.3 Å². The molecule has 2 saturated carbocycles. The van der Waals surface area contributed by atoms with E-state index in [2.05, 4.69) is 45.2 Å². The number of nitriles is 2. The van der Waals surface area contributed by atoms with Gasteiger partial charge in [0, 0.05) is 38.6 Å². The predicted octanol–water partition coefficient (Wildman–Crippen LogP) is 1.42. The first-order valence-electron chi connectivity index (χ1n) is 13.9. The quantitative estimate of drug-likeness (QED) is 0.505. The normalized spacial score (nSPS) is 40.7. The van der Waals surface area contributed by atoms with Crippen LogP contribution in [-0.4, -0.2) is 78.2 Å². The molecular weight excluding hydrogens is 440 g/mol. The number of nitrogens with one attached hydrogen (secondary N) is 3. The van der Waals surface area contributed by atoms with E-state index in [1.807, 2.05) is 0 Å². The summed E-state index contributed by atoms with van der Waals surface area (Å²) in [5.74, 6) is 2.90. The van der Waals surface area contributed by atoms with Crippen molar-refractivity contribution in [2.24, 2.45) is 29.6 Å². The molecule has 5 rings (SSSR count). The van der Waals surface area contributed by atoms with E-state index >= 15 is 0 Å². The van der Waals surface area contributed by atoms with Crippen LogP contribution in [0.15, 0.2) is 0 Å². The fourth-order valence-corrected chi connectivity index (χ4v) is 7.62. The summed E-state index contributed by atoms with van der Waals surface area (Å²) in [6.07, 6.45) is 12.0. The van der Waals surface area contributed by atoms with Crippen LogP contribution in [0.3, 0.4) is 0 Å². The van der Waals surface area contributed by atoms with Crippen LogP contribution in [0.5, 0.6) is 0 Å². The summed E-state index contributed by atoms with van der Waals surface area (Å²) in [6.45, 7) is 6.77. The van der Waals surface area contributed by atoms with Crippen LogP contribution in [0.25, 0.3) is 0 Å². The zero-order chi connectivity index (χ0) is 24.4. The van der Waals surface area contributed by atoms with Crippen molar-refractivity contribution in [2.45, 2.75) is 76.7 Å². The molecule has 0 radical (unpaired) electrons. The molecule has 0 spiro atoms. The minimum atomic E-state index is -0.160. The minimum absolute atomic E-state index is 0.160. The first kappa shape index (κ1) is 24.8. The van der Waals surface area contributed by atoms with Crippen molar-refractivity contribution in [3.63, 3.8) is 0 Å². The third kappa shape index (κ3) is 5.44. The summed E-state index contributed by atoms with van der Waals surface area (Å²) in [5.41, 5.74) is 6.78. The first-order chi connectivity index (χ1) is 17.1. The molecule has 0 aromatic rings. The standard InChI is InChI=1S/C26H42N8O/c1-18-29-25(31-30-18)22-6-5-20(23(14-22)21-4-2-3-19(13-21)15-27)7-8-34-12-11-33-10-9-32(17-28)16-24(33)26(34)35/h18-25,29-31H,2-14,16H2,1H3/t18?,19?,20?,21?,22?,23?,24-,25?/m1/s1. The van der Waals surface area contributed by atoms with Crippen molar-refractivity contribution in [3.8, 4) is 12.3 Å². The third-order valence-electron chi connectivity index (χ3n) is 9.60. The fraction of sp³-hybridized carbons (Fsp3) is 0.885. The third-order valence-corrected chi connectivity index (χ3v) is 9.60.